The number of carbonyl (C=O) groups is 1. The fraction of sp³-hybridized carbons (Fsp3) is 0.261. The van der Waals surface area contributed by atoms with Gasteiger partial charge in [-0.2, -0.15) is 0 Å². The van der Waals surface area contributed by atoms with Crippen LogP contribution in [-0.4, -0.2) is 41.9 Å². The highest BCUT2D eigenvalue weighted by molar-refractivity contribution is 6.31. The number of piperazine rings is 1. The van der Waals surface area contributed by atoms with Gasteiger partial charge in [0.15, 0.2) is 5.76 Å². The molecule has 8 heteroatoms. The minimum Gasteiger partial charge on any atom is -0.486 e. The zero-order valence-corrected chi connectivity index (χ0v) is 17.4. The van der Waals surface area contributed by atoms with Crippen LogP contribution in [0.5, 0.6) is 5.75 Å². The molecule has 162 valence electrons. The van der Waals surface area contributed by atoms with Gasteiger partial charge in [-0.05, 0) is 48.5 Å². The standard InChI is InChI=1S/C23H21ClF2N2O3/c24-20-2-1-3-21(26)19(20)14-27-10-12-28(13-11-27)23(29)22-9-8-18(31-22)15-30-17-6-4-16(25)5-7-17/h1-9H,10-15H2. The van der Waals surface area contributed by atoms with Gasteiger partial charge in [-0.15, -0.1) is 0 Å². The zero-order chi connectivity index (χ0) is 21.8. The zero-order valence-electron chi connectivity index (χ0n) is 16.7. The SMILES string of the molecule is O=C(c1ccc(COc2ccc(F)cc2)o1)N1CCN(Cc2c(F)cccc2Cl)CC1. The average molecular weight is 447 g/mol. The molecule has 0 spiro atoms. The first-order chi connectivity index (χ1) is 15.0. The van der Waals surface area contributed by atoms with E-state index in [-0.39, 0.29) is 29.9 Å². The molecule has 0 saturated carbocycles. The van der Waals surface area contributed by atoms with Crippen LogP contribution in [0.3, 0.4) is 0 Å². The number of carbonyl (C=O) groups excluding carboxylic acids is 1. The van der Waals surface area contributed by atoms with E-state index in [4.69, 9.17) is 20.8 Å². The van der Waals surface area contributed by atoms with Crippen LogP contribution in [0, 0.1) is 11.6 Å². The number of hydrogen-bond acceptors (Lipinski definition) is 4. The molecule has 1 aliphatic heterocycles. The van der Waals surface area contributed by atoms with Crippen LogP contribution < -0.4 is 4.74 Å². The van der Waals surface area contributed by atoms with E-state index in [2.05, 4.69) is 4.90 Å². The maximum Gasteiger partial charge on any atom is 0.289 e. The molecule has 0 unspecified atom stereocenters. The molecule has 0 aliphatic carbocycles. The van der Waals surface area contributed by atoms with Crippen molar-refractivity contribution in [3.63, 3.8) is 0 Å². The Kier molecular flexibility index (Phi) is 6.53. The Morgan fingerprint density at radius 3 is 2.45 bits per heavy atom. The molecule has 4 rings (SSSR count). The van der Waals surface area contributed by atoms with Gasteiger partial charge in [0.1, 0.15) is 29.8 Å². The molecule has 0 radical (unpaired) electrons. The predicted octanol–water partition coefficient (Wildman–Crippen LogP) is 4.75. The van der Waals surface area contributed by atoms with Gasteiger partial charge in [0, 0.05) is 43.3 Å². The minimum absolute atomic E-state index is 0.135. The second-order valence-electron chi connectivity index (χ2n) is 7.28. The number of nitrogens with zero attached hydrogens (tertiary/aromatic N) is 2. The van der Waals surface area contributed by atoms with E-state index in [0.717, 1.165) is 0 Å². The van der Waals surface area contributed by atoms with Gasteiger partial charge in [-0.1, -0.05) is 17.7 Å². The highest BCUT2D eigenvalue weighted by atomic mass is 35.5. The molecule has 1 fully saturated rings. The fourth-order valence-corrected chi connectivity index (χ4v) is 3.65. The number of furan rings is 1. The van der Waals surface area contributed by atoms with E-state index in [1.54, 1.807) is 29.2 Å². The Balaban J connectivity index is 1.29. The van der Waals surface area contributed by atoms with Crippen molar-refractivity contribution in [2.24, 2.45) is 0 Å². The van der Waals surface area contributed by atoms with Crippen LogP contribution in [0.15, 0.2) is 59.0 Å². The van der Waals surface area contributed by atoms with Crippen LogP contribution in [0.2, 0.25) is 5.02 Å². The smallest absolute Gasteiger partial charge is 0.289 e. The first kappa shape index (κ1) is 21.3. The summed E-state index contributed by atoms with van der Waals surface area (Å²) in [6.45, 7) is 2.77. The molecule has 3 aromatic rings. The number of rotatable bonds is 6. The van der Waals surface area contributed by atoms with Gasteiger partial charge in [0.25, 0.3) is 5.91 Å². The number of amides is 1. The molecule has 0 atom stereocenters. The van der Waals surface area contributed by atoms with Gasteiger partial charge < -0.3 is 14.1 Å². The highest BCUT2D eigenvalue weighted by Gasteiger charge is 2.25. The molecule has 2 aromatic carbocycles. The monoisotopic (exact) mass is 446 g/mol. The van der Waals surface area contributed by atoms with Crippen LogP contribution in [0.1, 0.15) is 21.9 Å². The van der Waals surface area contributed by atoms with E-state index < -0.39 is 0 Å². The van der Waals surface area contributed by atoms with Gasteiger partial charge in [-0.25, -0.2) is 8.78 Å². The lowest BCUT2D eigenvalue weighted by Gasteiger charge is -2.34. The second kappa shape index (κ2) is 9.49. The van der Waals surface area contributed by atoms with Crippen molar-refractivity contribution < 1.29 is 22.7 Å². The lowest BCUT2D eigenvalue weighted by atomic mass is 10.2. The van der Waals surface area contributed by atoms with E-state index in [1.807, 2.05) is 0 Å². The fourth-order valence-electron chi connectivity index (χ4n) is 3.43. The van der Waals surface area contributed by atoms with Crippen LogP contribution in [0.25, 0.3) is 0 Å². The molecule has 0 N–H and O–H groups in total. The van der Waals surface area contributed by atoms with Crippen LogP contribution >= 0.6 is 11.6 Å². The normalized spacial score (nSPS) is 14.6. The lowest BCUT2D eigenvalue weighted by Crippen LogP contribution is -2.48. The maximum atomic E-state index is 14.0. The Bertz CT molecular complexity index is 1030. The molecular weight excluding hydrogens is 426 g/mol. The summed E-state index contributed by atoms with van der Waals surface area (Å²) in [6.07, 6.45) is 0. The van der Waals surface area contributed by atoms with Crippen molar-refractivity contribution in [1.82, 2.24) is 9.80 Å². The summed E-state index contributed by atoms with van der Waals surface area (Å²) in [5.74, 6) is 0.393. The molecule has 0 bridgehead atoms. The van der Waals surface area contributed by atoms with Gasteiger partial charge in [0.05, 0.1) is 0 Å². The molecule has 1 aromatic heterocycles. The van der Waals surface area contributed by atoms with Crippen molar-refractivity contribution in [2.75, 3.05) is 26.2 Å². The number of halogens is 3. The van der Waals surface area contributed by atoms with E-state index in [0.29, 0.717) is 54.8 Å². The molecule has 1 aliphatic rings. The topological polar surface area (TPSA) is 45.9 Å². The van der Waals surface area contributed by atoms with Crippen molar-refractivity contribution in [3.8, 4) is 5.75 Å². The summed E-state index contributed by atoms with van der Waals surface area (Å²) in [5, 5.41) is 0.407. The van der Waals surface area contributed by atoms with Gasteiger partial charge in [-0.3, -0.25) is 9.69 Å². The lowest BCUT2D eigenvalue weighted by molar-refractivity contribution is 0.0592. The average Bonchev–Trinajstić information content (AvgIpc) is 3.25. The Hall–Kier alpha value is -2.90. The largest absolute Gasteiger partial charge is 0.486 e. The Morgan fingerprint density at radius 1 is 1.00 bits per heavy atom. The minimum atomic E-state index is -0.338. The Morgan fingerprint density at radius 2 is 1.74 bits per heavy atom. The number of hydrogen-bond donors (Lipinski definition) is 0. The first-order valence-electron chi connectivity index (χ1n) is 9.91. The summed E-state index contributed by atoms with van der Waals surface area (Å²) >= 11 is 6.11. The summed E-state index contributed by atoms with van der Waals surface area (Å²) < 4.78 is 38.1. The third-order valence-corrected chi connectivity index (χ3v) is 5.52. The molecule has 2 heterocycles. The molecule has 1 amide bonds. The summed E-state index contributed by atoms with van der Waals surface area (Å²) in [7, 11) is 0. The maximum absolute atomic E-state index is 14.0. The van der Waals surface area contributed by atoms with Crippen molar-refractivity contribution in [2.45, 2.75) is 13.2 Å². The first-order valence-corrected chi connectivity index (χ1v) is 10.3. The van der Waals surface area contributed by atoms with E-state index >= 15 is 0 Å². The summed E-state index contributed by atoms with van der Waals surface area (Å²) in [4.78, 5) is 16.5. The molecule has 5 nitrogen and oxygen atoms in total. The highest BCUT2D eigenvalue weighted by Crippen LogP contribution is 2.22. The van der Waals surface area contributed by atoms with Crippen molar-refractivity contribution >= 4 is 17.5 Å². The Labute approximate surface area is 183 Å². The van der Waals surface area contributed by atoms with Crippen molar-refractivity contribution in [3.05, 3.63) is 88.3 Å². The van der Waals surface area contributed by atoms with E-state index in [1.165, 1.54) is 30.3 Å². The van der Waals surface area contributed by atoms with E-state index in [9.17, 15) is 13.6 Å². The summed E-state index contributed by atoms with van der Waals surface area (Å²) in [6, 6.07) is 13.6. The molecular formula is C23H21ClF2N2O3. The second-order valence-corrected chi connectivity index (χ2v) is 7.68. The van der Waals surface area contributed by atoms with Crippen molar-refractivity contribution in [1.29, 1.82) is 0 Å². The third-order valence-electron chi connectivity index (χ3n) is 5.17. The number of ether oxygens (including phenoxy) is 1. The van der Waals surface area contributed by atoms with Crippen LogP contribution in [-0.2, 0) is 13.2 Å². The van der Waals surface area contributed by atoms with Gasteiger partial charge in [0.2, 0.25) is 0 Å². The van der Waals surface area contributed by atoms with Crippen LogP contribution in [0.4, 0.5) is 8.78 Å². The van der Waals surface area contributed by atoms with Gasteiger partial charge >= 0.3 is 0 Å². The quantitative estimate of drug-likeness (QED) is 0.548. The molecule has 1 saturated heterocycles. The summed E-state index contributed by atoms with van der Waals surface area (Å²) in [5.41, 5.74) is 0.473. The third kappa shape index (κ3) is 5.24. The predicted molar refractivity (Wildman–Crippen MR) is 112 cm³/mol. The number of benzene rings is 2. The molecule has 31 heavy (non-hydrogen) atoms.